The van der Waals surface area contributed by atoms with Gasteiger partial charge in [-0.25, -0.2) is 0 Å². The van der Waals surface area contributed by atoms with Crippen LogP contribution in [0.5, 0.6) is 0 Å². The maximum absolute atomic E-state index is 4.31. The lowest BCUT2D eigenvalue weighted by Gasteiger charge is -2.07. The highest BCUT2D eigenvalue weighted by molar-refractivity contribution is 6.33. The molecule has 0 aromatic heterocycles. The van der Waals surface area contributed by atoms with Crippen LogP contribution in [0.1, 0.15) is 18.1 Å². The largest absolute Gasteiger partial charge is 0.155 e. The Kier molecular flexibility index (Phi) is 2.69. The van der Waals surface area contributed by atoms with Crippen LogP contribution in [-0.2, 0) is 0 Å². The number of allylic oxidation sites excluding steroid dienone is 2. The molecule has 1 radical (unpaired) electrons. The summed E-state index contributed by atoms with van der Waals surface area (Å²) in [5.74, 6) is 0. The van der Waals surface area contributed by atoms with Crippen molar-refractivity contribution in [2.75, 3.05) is 0 Å². The van der Waals surface area contributed by atoms with Gasteiger partial charge in [-0.05, 0) is 12.5 Å². The Bertz CT molecular complexity index is 610. The van der Waals surface area contributed by atoms with Gasteiger partial charge in [0.05, 0.1) is 5.70 Å². The monoisotopic (exact) mass is 233 g/mol. The Morgan fingerprint density at radius 3 is 1.89 bits per heavy atom. The molecule has 0 spiro atoms. The van der Waals surface area contributed by atoms with Gasteiger partial charge in [-0.2, -0.15) is 5.43 Å². The highest BCUT2D eigenvalue weighted by atomic mass is 15.3. The molecule has 0 fully saturated rings. The van der Waals surface area contributed by atoms with Crippen molar-refractivity contribution in [1.29, 1.82) is 0 Å². The van der Waals surface area contributed by atoms with Crippen LogP contribution < -0.4 is 5.43 Å². The zero-order chi connectivity index (χ0) is 12.4. The Labute approximate surface area is 107 Å². The molecule has 18 heavy (non-hydrogen) atoms. The first kappa shape index (κ1) is 10.8. The summed E-state index contributed by atoms with van der Waals surface area (Å²) in [6.45, 7) is 2.00. The molecule has 87 valence electrons. The molecule has 0 atom stereocenters. The van der Waals surface area contributed by atoms with E-state index in [-0.39, 0.29) is 0 Å². The van der Waals surface area contributed by atoms with Crippen molar-refractivity contribution in [2.45, 2.75) is 6.92 Å². The summed E-state index contributed by atoms with van der Waals surface area (Å²) < 4.78 is 0. The second-order valence-electron chi connectivity index (χ2n) is 4.24. The van der Waals surface area contributed by atoms with E-state index in [1.165, 1.54) is 5.56 Å². The number of benzene rings is 2. The average Bonchev–Trinajstić information content (AvgIpc) is 2.83. The predicted octanol–water partition coefficient (Wildman–Crippen LogP) is 3.44. The summed E-state index contributed by atoms with van der Waals surface area (Å²) in [6.07, 6.45) is 0. The van der Waals surface area contributed by atoms with E-state index >= 15 is 0 Å². The van der Waals surface area contributed by atoms with E-state index in [0.29, 0.717) is 0 Å². The van der Waals surface area contributed by atoms with E-state index in [2.05, 4.69) is 34.8 Å². The predicted molar refractivity (Wildman–Crippen MR) is 74.1 cm³/mol. The lowest BCUT2D eigenvalue weighted by Crippen LogP contribution is -2.01. The van der Waals surface area contributed by atoms with Crippen LogP contribution in [0.25, 0.3) is 5.57 Å². The second kappa shape index (κ2) is 4.49. The number of nitrogens with zero attached hydrogens (tertiary/aromatic N) is 2. The smallest absolute Gasteiger partial charge is 0.103 e. The quantitative estimate of drug-likeness (QED) is 0.759. The van der Waals surface area contributed by atoms with E-state index in [9.17, 15) is 0 Å². The van der Waals surface area contributed by atoms with Crippen molar-refractivity contribution in [3.8, 4) is 0 Å². The Balaban J connectivity index is 2.08. The highest BCUT2D eigenvalue weighted by Crippen LogP contribution is 2.27. The molecule has 3 rings (SSSR count). The molecule has 0 N–H and O–H groups in total. The normalized spacial score (nSPS) is 14.4. The van der Waals surface area contributed by atoms with Gasteiger partial charge in [-0.15, -0.1) is 5.10 Å². The first-order valence-corrected chi connectivity index (χ1v) is 5.97. The van der Waals surface area contributed by atoms with Crippen molar-refractivity contribution in [3.63, 3.8) is 0 Å². The van der Waals surface area contributed by atoms with Crippen LogP contribution in [0.3, 0.4) is 0 Å². The molecule has 1 aliphatic heterocycles. The summed E-state index contributed by atoms with van der Waals surface area (Å²) in [6, 6.07) is 20.5. The third kappa shape index (κ3) is 1.82. The van der Waals surface area contributed by atoms with Crippen LogP contribution in [0.15, 0.2) is 71.5 Å². The molecule has 2 heteroatoms. The lowest BCUT2D eigenvalue weighted by atomic mass is 9.95. The second-order valence-corrected chi connectivity index (χ2v) is 4.24. The van der Waals surface area contributed by atoms with Gasteiger partial charge in [0.2, 0.25) is 0 Å². The van der Waals surface area contributed by atoms with E-state index in [1.807, 2.05) is 43.3 Å². The van der Waals surface area contributed by atoms with Gasteiger partial charge in [0.15, 0.2) is 0 Å². The summed E-state index contributed by atoms with van der Waals surface area (Å²) >= 11 is 0. The molecule has 0 saturated heterocycles. The van der Waals surface area contributed by atoms with Crippen LogP contribution in [0.2, 0.25) is 0 Å². The Hall–Kier alpha value is -2.35. The number of hydrogen-bond donors (Lipinski definition) is 0. The molecule has 1 heterocycles. The maximum Gasteiger partial charge on any atom is 0.103 e. The molecule has 0 amide bonds. The molecule has 0 bridgehead atoms. The van der Waals surface area contributed by atoms with Crippen LogP contribution in [0.4, 0.5) is 0 Å². The summed E-state index contributed by atoms with van der Waals surface area (Å²) in [4.78, 5) is 0. The highest BCUT2D eigenvalue weighted by Gasteiger charge is 2.21. The number of rotatable bonds is 2. The van der Waals surface area contributed by atoms with E-state index in [0.717, 1.165) is 22.5 Å². The maximum atomic E-state index is 4.31. The zero-order valence-electron chi connectivity index (χ0n) is 10.2. The van der Waals surface area contributed by atoms with Gasteiger partial charge in [0, 0.05) is 11.1 Å². The van der Waals surface area contributed by atoms with Gasteiger partial charge >= 0.3 is 0 Å². The van der Waals surface area contributed by atoms with Gasteiger partial charge in [-0.1, -0.05) is 60.7 Å². The average molecular weight is 233 g/mol. The van der Waals surface area contributed by atoms with Gasteiger partial charge in [0.25, 0.3) is 0 Å². The molecule has 0 unspecified atom stereocenters. The molecule has 0 saturated carbocycles. The third-order valence-electron chi connectivity index (χ3n) is 3.01. The summed E-state index contributed by atoms with van der Waals surface area (Å²) in [7, 11) is 0. The van der Waals surface area contributed by atoms with Gasteiger partial charge < -0.3 is 0 Å². The van der Waals surface area contributed by atoms with Crippen molar-refractivity contribution < 1.29 is 0 Å². The fourth-order valence-electron chi connectivity index (χ4n) is 2.14. The van der Waals surface area contributed by atoms with Crippen molar-refractivity contribution in [2.24, 2.45) is 5.10 Å². The van der Waals surface area contributed by atoms with Crippen LogP contribution in [0, 0.1) is 0 Å². The number of hydrogen-bond acceptors (Lipinski definition) is 1. The first-order valence-electron chi connectivity index (χ1n) is 5.97. The van der Waals surface area contributed by atoms with Crippen LogP contribution in [-0.4, -0.2) is 5.71 Å². The van der Waals surface area contributed by atoms with Gasteiger partial charge in [-0.3, -0.25) is 0 Å². The molecule has 2 aromatic carbocycles. The molecule has 1 aliphatic rings. The molecular formula is C16H13N2. The Morgan fingerprint density at radius 1 is 0.722 bits per heavy atom. The van der Waals surface area contributed by atoms with Gasteiger partial charge in [0.1, 0.15) is 5.71 Å². The van der Waals surface area contributed by atoms with Crippen molar-refractivity contribution >= 4 is 11.3 Å². The van der Waals surface area contributed by atoms with Crippen LogP contribution >= 0.6 is 0 Å². The standard InChI is InChI=1S/C16H13N2/c1-12-15(13-8-4-2-5-9-13)16(18-17-12)14-10-6-3-7-11-14/h2-11H,1H3. The minimum absolute atomic E-state index is 0.958. The molecule has 2 nitrogen and oxygen atoms in total. The fourth-order valence-corrected chi connectivity index (χ4v) is 2.14. The third-order valence-corrected chi connectivity index (χ3v) is 3.01. The SMILES string of the molecule is CC1=C(c2ccccc2)C(c2ccccc2)=N[N]1. The lowest BCUT2D eigenvalue weighted by molar-refractivity contribution is 0.896. The minimum atomic E-state index is 0.958. The minimum Gasteiger partial charge on any atom is -0.155 e. The first-order chi connectivity index (χ1) is 8.86. The van der Waals surface area contributed by atoms with E-state index < -0.39 is 0 Å². The molecule has 0 aliphatic carbocycles. The fraction of sp³-hybridized carbons (Fsp3) is 0.0625. The zero-order valence-corrected chi connectivity index (χ0v) is 10.2. The van der Waals surface area contributed by atoms with E-state index in [4.69, 9.17) is 0 Å². The van der Waals surface area contributed by atoms with Crippen molar-refractivity contribution in [3.05, 3.63) is 77.5 Å². The molecule has 2 aromatic rings. The topological polar surface area (TPSA) is 26.5 Å². The summed E-state index contributed by atoms with van der Waals surface area (Å²) in [5.41, 5.74) is 9.55. The Morgan fingerprint density at radius 2 is 1.28 bits per heavy atom. The van der Waals surface area contributed by atoms with Crippen molar-refractivity contribution in [1.82, 2.24) is 5.43 Å². The summed E-state index contributed by atoms with van der Waals surface area (Å²) in [5, 5.41) is 4.31. The van der Waals surface area contributed by atoms with E-state index in [1.54, 1.807) is 0 Å². The molecular weight excluding hydrogens is 220 g/mol.